The van der Waals surface area contributed by atoms with Crippen molar-refractivity contribution in [2.45, 2.75) is 18.2 Å². The Morgan fingerprint density at radius 3 is 2.36 bits per heavy atom. The third kappa shape index (κ3) is 3.33. The summed E-state index contributed by atoms with van der Waals surface area (Å²) in [6, 6.07) is 11.1. The summed E-state index contributed by atoms with van der Waals surface area (Å²) in [6.07, 6.45) is 5.07. The molecular weight excluding hydrogens is 339 g/mol. The number of halogens is 1. The lowest BCUT2D eigenvalue weighted by atomic mass is 10.0. The number of carbonyl (C=O) groups excluding carboxylic acids is 1. The number of hydrogen-bond donors (Lipinski definition) is 0. The summed E-state index contributed by atoms with van der Waals surface area (Å²) in [6.45, 7) is 1.89. The van der Waals surface area contributed by atoms with Crippen LogP contribution < -0.4 is 0 Å². The van der Waals surface area contributed by atoms with E-state index < -0.39 is 9.84 Å². The van der Waals surface area contributed by atoms with Crippen LogP contribution in [0.2, 0.25) is 0 Å². The number of fused-ring (bicyclic) bond motifs is 1. The Morgan fingerprint density at radius 1 is 1.08 bits per heavy atom. The molecule has 5 heteroatoms. The van der Waals surface area contributed by atoms with Crippen LogP contribution in [0.4, 0.5) is 4.39 Å². The number of benzene rings is 2. The predicted octanol–water partition coefficient (Wildman–Crippen LogP) is 4.06. The molecule has 0 spiro atoms. The molecule has 0 saturated heterocycles. The molecule has 0 N–H and O–H groups in total. The average molecular weight is 355 g/mol. The summed E-state index contributed by atoms with van der Waals surface area (Å²) in [5.41, 5.74) is 4.96. The number of hydrogen-bond acceptors (Lipinski definition) is 3. The molecule has 3 nitrogen and oxygen atoms in total. The Bertz CT molecular complexity index is 1010. The number of sulfone groups is 1. The van der Waals surface area contributed by atoms with Crippen molar-refractivity contribution in [1.82, 2.24) is 0 Å². The first-order valence-electron chi connectivity index (χ1n) is 7.68. The molecule has 3 rings (SSSR count). The lowest BCUT2D eigenvalue weighted by Crippen LogP contribution is -1.96. The molecule has 1 aliphatic carbocycles. The molecule has 0 aliphatic heterocycles. The van der Waals surface area contributed by atoms with Crippen LogP contribution >= 0.6 is 0 Å². The van der Waals surface area contributed by atoms with Crippen LogP contribution in [0, 0.1) is 5.82 Å². The quantitative estimate of drug-likeness (QED) is 0.831. The first-order chi connectivity index (χ1) is 11.8. The van der Waals surface area contributed by atoms with Crippen molar-refractivity contribution < 1.29 is 17.6 Å². The molecule has 127 valence electrons. The highest BCUT2D eigenvalue weighted by molar-refractivity contribution is 7.90. The molecule has 25 heavy (non-hydrogen) atoms. The highest BCUT2D eigenvalue weighted by Gasteiger charge is 2.24. The molecule has 0 saturated carbocycles. The van der Waals surface area contributed by atoms with Gasteiger partial charge >= 0.3 is 0 Å². The maximum atomic E-state index is 13.6. The lowest BCUT2D eigenvalue weighted by Gasteiger charge is -2.05. The predicted molar refractivity (Wildman–Crippen MR) is 96.7 cm³/mol. The Hall–Kier alpha value is -2.53. The normalized spacial score (nSPS) is 15.6. The van der Waals surface area contributed by atoms with Gasteiger partial charge in [-0.15, -0.1) is 0 Å². The van der Waals surface area contributed by atoms with Crippen LogP contribution in [0.3, 0.4) is 0 Å². The molecule has 2 aromatic rings. The molecule has 0 bridgehead atoms. The zero-order chi connectivity index (χ0) is 18.2. The second-order valence-corrected chi connectivity index (χ2v) is 8.03. The topological polar surface area (TPSA) is 51.2 Å². The van der Waals surface area contributed by atoms with Crippen LogP contribution in [0.5, 0.6) is 0 Å². The van der Waals surface area contributed by atoms with Crippen molar-refractivity contribution >= 4 is 33.3 Å². The molecule has 1 radical (unpaired) electrons. The Morgan fingerprint density at radius 2 is 1.76 bits per heavy atom. The van der Waals surface area contributed by atoms with Gasteiger partial charge in [0.05, 0.1) is 4.90 Å². The molecular formula is C20H16FO3S. The SMILES string of the molecule is CC1=C(C[C]=O)c2cc(F)ccc2/C1=C\c1ccc(S(C)(=O)=O)cc1. The highest BCUT2D eigenvalue weighted by Crippen LogP contribution is 2.43. The van der Waals surface area contributed by atoms with Gasteiger partial charge in [-0.3, -0.25) is 4.79 Å². The van der Waals surface area contributed by atoms with E-state index in [2.05, 4.69) is 0 Å². The van der Waals surface area contributed by atoms with Crippen LogP contribution in [0.25, 0.3) is 17.2 Å². The van der Waals surface area contributed by atoms with Crippen molar-refractivity contribution in [3.8, 4) is 0 Å². The lowest BCUT2D eigenvalue weighted by molar-refractivity contribution is 0.556. The minimum Gasteiger partial charge on any atom is -0.291 e. The average Bonchev–Trinajstić information content (AvgIpc) is 2.80. The fourth-order valence-corrected chi connectivity index (χ4v) is 3.66. The maximum absolute atomic E-state index is 13.6. The van der Waals surface area contributed by atoms with Crippen LogP contribution in [0.1, 0.15) is 30.0 Å². The fourth-order valence-electron chi connectivity index (χ4n) is 3.03. The van der Waals surface area contributed by atoms with Gasteiger partial charge in [-0.1, -0.05) is 18.2 Å². The van der Waals surface area contributed by atoms with Gasteiger partial charge in [0.15, 0.2) is 9.84 Å². The summed E-state index contributed by atoms with van der Waals surface area (Å²) < 4.78 is 36.7. The van der Waals surface area contributed by atoms with Crippen molar-refractivity contribution in [1.29, 1.82) is 0 Å². The van der Waals surface area contributed by atoms with E-state index >= 15 is 0 Å². The molecule has 0 atom stereocenters. The zero-order valence-corrected chi connectivity index (χ0v) is 14.7. The van der Waals surface area contributed by atoms with E-state index in [1.54, 1.807) is 30.3 Å². The van der Waals surface area contributed by atoms with Gasteiger partial charge in [0.25, 0.3) is 0 Å². The van der Waals surface area contributed by atoms with Gasteiger partial charge < -0.3 is 0 Å². The second-order valence-electron chi connectivity index (χ2n) is 6.01. The zero-order valence-electron chi connectivity index (χ0n) is 13.8. The molecule has 0 aromatic heterocycles. The summed E-state index contributed by atoms with van der Waals surface area (Å²) in [5, 5.41) is 0. The molecule has 0 unspecified atom stereocenters. The van der Waals surface area contributed by atoms with Gasteiger partial charge in [-0.25, -0.2) is 12.8 Å². The van der Waals surface area contributed by atoms with E-state index in [0.29, 0.717) is 5.56 Å². The molecule has 0 heterocycles. The molecule has 0 amide bonds. The standard InChI is InChI=1S/C20H16FO3S/c1-13-17(9-10-22)20-12-15(21)5-8-18(20)19(13)11-14-3-6-16(7-4-14)25(2,23)24/h3-8,11-12H,9H2,1-2H3/b19-11-. The third-order valence-corrected chi connectivity index (χ3v) is 5.45. The maximum Gasteiger partial charge on any atom is 0.203 e. The van der Waals surface area contributed by atoms with Crippen molar-refractivity contribution in [3.05, 3.63) is 70.5 Å². The van der Waals surface area contributed by atoms with E-state index in [1.165, 1.54) is 12.1 Å². The van der Waals surface area contributed by atoms with Crippen molar-refractivity contribution in [2.75, 3.05) is 6.26 Å². The number of allylic oxidation sites excluding steroid dienone is 3. The first-order valence-corrected chi connectivity index (χ1v) is 9.57. The second kappa shape index (κ2) is 6.41. The summed E-state index contributed by atoms with van der Waals surface area (Å²) in [7, 11) is -3.24. The first kappa shape index (κ1) is 17.3. The minimum atomic E-state index is -3.24. The number of rotatable bonds is 4. The van der Waals surface area contributed by atoms with E-state index in [9.17, 15) is 17.6 Å². The van der Waals surface area contributed by atoms with E-state index in [1.807, 2.05) is 19.3 Å². The van der Waals surface area contributed by atoms with Gasteiger partial charge in [0.1, 0.15) is 5.82 Å². The Labute approximate surface area is 146 Å². The van der Waals surface area contributed by atoms with Crippen molar-refractivity contribution in [2.24, 2.45) is 0 Å². The van der Waals surface area contributed by atoms with E-state index in [0.717, 1.165) is 34.1 Å². The molecule has 2 aromatic carbocycles. The largest absolute Gasteiger partial charge is 0.291 e. The van der Waals surface area contributed by atoms with Crippen molar-refractivity contribution in [3.63, 3.8) is 0 Å². The van der Waals surface area contributed by atoms with E-state index in [-0.39, 0.29) is 17.1 Å². The smallest absolute Gasteiger partial charge is 0.203 e. The third-order valence-electron chi connectivity index (χ3n) is 4.32. The summed E-state index contributed by atoms with van der Waals surface area (Å²) in [5.74, 6) is -0.353. The van der Waals surface area contributed by atoms with Gasteiger partial charge in [0, 0.05) is 12.7 Å². The monoisotopic (exact) mass is 355 g/mol. The van der Waals surface area contributed by atoms with Crippen LogP contribution in [-0.4, -0.2) is 21.0 Å². The Balaban J connectivity index is 2.10. The van der Waals surface area contributed by atoms with Crippen LogP contribution in [0.15, 0.2) is 52.9 Å². The Kier molecular flexibility index (Phi) is 4.43. The molecule has 0 fully saturated rings. The summed E-state index contributed by atoms with van der Waals surface area (Å²) in [4.78, 5) is 11.1. The molecule has 1 aliphatic rings. The van der Waals surface area contributed by atoms with E-state index in [4.69, 9.17) is 0 Å². The van der Waals surface area contributed by atoms with Crippen LogP contribution in [-0.2, 0) is 14.6 Å². The van der Waals surface area contributed by atoms with Gasteiger partial charge in [0.2, 0.25) is 6.29 Å². The summed E-state index contributed by atoms with van der Waals surface area (Å²) >= 11 is 0. The fraction of sp³-hybridized carbons (Fsp3) is 0.150. The van der Waals surface area contributed by atoms with Gasteiger partial charge in [-0.2, -0.15) is 0 Å². The highest BCUT2D eigenvalue weighted by atomic mass is 32.2. The van der Waals surface area contributed by atoms with Gasteiger partial charge in [-0.05, 0) is 70.7 Å². The minimum absolute atomic E-state index is 0.104.